The van der Waals surface area contributed by atoms with Crippen LogP contribution in [-0.2, 0) is 32.5 Å². The Morgan fingerprint density at radius 2 is 1.84 bits per heavy atom. The van der Waals surface area contributed by atoms with Crippen molar-refractivity contribution in [1.29, 1.82) is 0 Å². The van der Waals surface area contributed by atoms with E-state index in [1.807, 2.05) is 0 Å². The number of nitrogens with zero attached hydrogens (tertiary/aromatic N) is 3. The fraction of sp³-hybridized carbons (Fsp3) is 0.381. The Hall–Kier alpha value is -2.98. The van der Waals surface area contributed by atoms with E-state index in [-0.39, 0.29) is 17.3 Å². The monoisotopic (exact) mass is 447 g/mol. The lowest BCUT2D eigenvalue weighted by atomic mass is 10.1. The van der Waals surface area contributed by atoms with Crippen molar-refractivity contribution in [3.05, 3.63) is 58.0 Å². The summed E-state index contributed by atoms with van der Waals surface area (Å²) in [5, 5.41) is 0. The predicted octanol–water partition coefficient (Wildman–Crippen LogP) is 1.25. The molecule has 10 heteroatoms. The first-order valence-corrected chi connectivity index (χ1v) is 11.4. The van der Waals surface area contributed by atoms with E-state index >= 15 is 0 Å². The molecule has 1 amide bonds. The van der Waals surface area contributed by atoms with Gasteiger partial charge in [0.05, 0.1) is 17.6 Å². The molecule has 0 saturated carbocycles. The molecule has 0 saturated heterocycles. The van der Waals surface area contributed by atoms with Gasteiger partial charge in [-0.15, -0.1) is 0 Å². The van der Waals surface area contributed by atoms with Gasteiger partial charge in [0.15, 0.2) is 0 Å². The quantitative estimate of drug-likeness (QED) is 0.592. The van der Waals surface area contributed by atoms with Gasteiger partial charge >= 0.3 is 5.97 Å². The van der Waals surface area contributed by atoms with Crippen molar-refractivity contribution in [2.75, 3.05) is 31.6 Å². The van der Waals surface area contributed by atoms with Gasteiger partial charge in [-0.05, 0) is 36.2 Å². The minimum atomic E-state index is -3.75. The first-order valence-electron chi connectivity index (χ1n) is 9.95. The van der Waals surface area contributed by atoms with E-state index in [0.29, 0.717) is 37.3 Å². The molecule has 1 aliphatic heterocycles. The second-order valence-corrected chi connectivity index (χ2v) is 8.99. The Morgan fingerprint density at radius 3 is 2.48 bits per heavy atom. The third-order valence-corrected chi connectivity index (χ3v) is 7.34. The van der Waals surface area contributed by atoms with E-state index in [1.54, 1.807) is 32.0 Å². The van der Waals surface area contributed by atoms with E-state index < -0.39 is 21.6 Å². The maximum atomic E-state index is 12.9. The van der Waals surface area contributed by atoms with Crippen molar-refractivity contribution < 1.29 is 22.7 Å². The molecule has 0 radical (unpaired) electrons. The van der Waals surface area contributed by atoms with Crippen LogP contribution in [0.15, 0.2) is 46.2 Å². The number of fused-ring (bicyclic) bond motifs is 1. The van der Waals surface area contributed by atoms with Crippen LogP contribution in [0.2, 0.25) is 0 Å². The first kappa shape index (κ1) is 22.7. The number of hydrogen-bond donors (Lipinski definition) is 0. The molecular weight excluding hydrogens is 422 g/mol. The van der Waals surface area contributed by atoms with Crippen molar-refractivity contribution in [3.8, 4) is 0 Å². The van der Waals surface area contributed by atoms with Gasteiger partial charge in [0, 0.05) is 37.6 Å². The Bertz CT molecular complexity index is 1170. The molecule has 0 bridgehead atoms. The molecule has 0 fully saturated rings. The lowest BCUT2D eigenvalue weighted by Crippen LogP contribution is -2.36. The topological polar surface area (TPSA) is 106 Å². The second-order valence-electron chi connectivity index (χ2n) is 7.05. The van der Waals surface area contributed by atoms with Gasteiger partial charge in [-0.2, -0.15) is 4.31 Å². The number of anilines is 1. The molecule has 1 aromatic heterocycles. The average molecular weight is 448 g/mol. The molecule has 2 aromatic rings. The number of carbonyl (C=O) groups is 2. The number of sulfonamides is 1. The molecule has 2 heterocycles. The van der Waals surface area contributed by atoms with Crippen molar-refractivity contribution in [2.45, 2.75) is 31.7 Å². The van der Waals surface area contributed by atoms with Crippen LogP contribution >= 0.6 is 0 Å². The summed E-state index contributed by atoms with van der Waals surface area (Å²) in [7, 11) is -2.45. The highest BCUT2D eigenvalue weighted by Gasteiger charge is 2.27. The maximum absolute atomic E-state index is 12.9. The summed E-state index contributed by atoms with van der Waals surface area (Å²) in [4.78, 5) is 38.4. The maximum Gasteiger partial charge on any atom is 0.337 e. The second kappa shape index (κ2) is 9.03. The minimum absolute atomic E-state index is 0.0341. The van der Waals surface area contributed by atoms with E-state index in [4.69, 9.17) is 4.74 Å². The third-order valence-electron chi connectivity index (χ3n) is 5.30. The van der Waals surface area contributed by atoms with E-state index in [0.717, 1.165) is 16.2 Å². The van der Waals surface area contributed by atoms with Crippen LogP contribution < -0.4 is 10.5 Å². The molecule has 9 nitrogen and oxygen atoms in total. The SMILES string of the molecule is CCN(CC)S(=O)(=O)c1ccc(=O)n(CC(=O)N2CCc3cc(C(=O)OC)ccc32)c1. The van der Waals surface area contributed by atoms with Gasteiger partial charge in [-0.1, -0.05) is 13.8 Å². The Morgan fingerprint density at radius 1 is 1.13 bits per heavy atom. The summed E-state index contributed by atoms with van der Waals surface area (Å²) in [6, 6.07) is 7.37. The van der Waals surface area contributed by atoms with Crippen molar-refractivity contribution in [1.82, 2.24) is 8.87 Å². The van der Waals surface area contributed by atoms with Crippen LogP contribution in [0.25, 0.3) is 0 Å². The fourth-order valence-electron chi connectivity index (χ4n) is 3.63. The van der Waals surface area contributed by atoms with Crippen LogP contribution in [0, 0.1) is 0 Å². The van der Waals surface area contributed by atoms with Gasteiger partial charge in [-0.3, -0.25) is 9.59 Å². The fourth-order valence-corrected chi connectivity index (χ4v) is 5.11. The smallest absolute Gasteiger partial charge is 0.337 e. The zero-order valence-corrected chi connectivity index (χ0v) is 18.5. The predicted molar refractivity (Wildman–Crippen MR) is 115 cm³/mol. The Labute approximate surface area is 180 Å². The number of esters is 1. The number of hydrogen-bond acceptors (Lipinski definition) is 6. The third kappa shape index (κ3) is 4.40. The van der Waals surface area contributed by atoms with E-state index in [2.05, 4.69) is 0 Å². The zero-order chi connectivity index (χ0) is 22.8. The van der Waals surface area contributed by atoms with Crippen LogP contribution in [-0.4, -0.2) is 55.9 Å². The largest absolute Gasteiger partial charge is 0.465 e. The standard InChI is InChI=1S/C21H25N3O6S/c1-4-23(5-2)31(28,29)17-7-9-19(25)22(13-17)14-20(26)24-11-10-15-12-16(21(27)30-3)6-8-18(15)24/h6-9,12-13H,4-5,10-11,14H2,1-3H3. The number of amides is 1. The van der Waals surface area contributed by atoms with Gasteiger partial charge in [0.2, 0.25) is 15.9 Å². The van der Waals surface area contributed by atoms with Gasteiger partial charge in [0.25, 0.3) is 5.56 Å². The molecule has 31 heavy (non-hydrogen) atoms. The number of ether oxygens (including phenoxy) is 1. The van der Waals surface area contributed by atoms with Crippen LogP contribution in [0.1, 0.15) is 29.8 Å². The number of rotatable bonds is 7. The first-order chi connectivity index (χ1) is 14.7. The molecule has 3 rings (SSSR count). The summed E-state index contributed by atoms with van der Waals surface area (Å²) in [6.45, 7) is 4.18. The number of methoxy groups -OCH3 is 1. The van der Waals surface area contributed by atoms with Crippen LogP contribution in [0.3, 0.4) is 0 Å². The number of pyridine rings is 1. The van der Waals surface area contributed by atoms with E-state index in [9.17, 15) is 22.8 Å². The molecule has 1 aromatic carbocycles. The number of aromatic nitrogens is 1. The Balaban J connectivity index is 1.86. The number of carbonyl (C=O) groups excluding carboxylic acids is 2. The molecule has 0 atom stereocenters. The molecule has 0 unspecified atom stereocenters. The number of benzene rings is 1. The highest BCUT2D eigenvalue weighted by atomic mass is 32.2. The molecule has 1 aliphatic rings. The lowest BCUT2D eigenvalue weighted by molar-refractivity contribution is -0.119. The van der Waals surface area contributed by atoms with Crippen molar-refractivity contribution in [3.63, 3.8) is 0 Å². The lowest BCUT2D eigenvalue weighted by Gasteiger charge is -2.20. The highest BCUT2D eigenvalue weighted by molar-refractivity contribution is 7.89. The van der Waals surface area contributed by atoms with Gasteiger partial charge in [-0.25, -0.2) is 13.2 Å². The van der Waals surface area contributed by atoms with E-state index in [1.165, 1.54) is 28.6 Å². The molecule has 0 aliphatic carbocycles. The molecule has 0 spiro atoms. The van der Waals surface area contributed by atoms with Gasteiger partial charge < -0.3 is 14.2 Å². The summed E-state index contributed by atoms with van der Waals surface area (Å²) < 4.78 is 32.6. The average Bonchev–Trinajstić information content (AvgIpc) is 3.18. The Kier molecular flexibility index (Phi) is 6.61. The summed E-state index contributed by atoms with van der Waals surface area (Å²) in [5.74, 6) is -0.797. The van der Waals surface area contributed by atoms with Crippen molar-refractivity contribution >= 4 is 27.6 Å². The highest BCUT2D eigenvalue weighted by Crippen LogP contribution is 2.29. The zero-order valence-electron chi connectivity index (χ0n) is 17.7. The summed E-state index contributed by atoms with van der Waals surface area (Å²) in [5.41, 5.74) is 1.44. The van der Waals surface area contributed by atoms with Crippen LogP contribution in [0.5, 0.6) is 0 Å². The summed E-state index contributed by atoms with van der Waals surface area (Å²) in [6.07, 6.45) is 1.78. The van der Waals surface area contributed by atoms with Crippen molar-refractivity contribution in [2.24, 2.45) is 0 Å². The molecule has 0 N–H and O–H groups in total. The van der Waals surface area contributed by atoms with Gasteiger partial charge in [0.1, 0.15) is 6.54 Å². The van der Waals surface area contributed by atoms with Crippen LogP contribution in [0.4, 0.5) is 5.69 Å². The molecule has 166 valence electrons. The molecular formula is C21H25N3O6S. The summed E-state index contributed by atoms with van der Waals surface area (Å²) >= 11 is 0. The minimum Gasteiger partial charge on any atom is -0.465 e. The normalized spacial score (nSPS) is 13.4.